The van der Waals surface area contributed by atoms with Gasteiger partial charge in [0.15, 0.2) is 0 Å². The van der Waals surface area contributed by atoms with Gasteiger partial charge in [-0.3, -0.25) is 10.1 Å². The summed E-state index contributed by atoms with van der Waals surface area (Å²) in [5, 5.41) is 14.8. The largest absolute Gasteiger partial charge is 0.362 e. The smallest absolute Gasteiger partial charge is 0.353 e. The van der Waals surface area contributed by atoms with E-state index in [-0.39, 0.29) is 17.5 Å². The van der Waals surface area contributed by atoms with Crippen molar-refractivity contribution in [2.75, 3.05) is 16.8 Å². The molecule has 1 aromatic heterocycles. The lowest BCUT2D eigenvalue weighted by molar-refractivity contribution is -0.383. The van der Waals surface area contributed by atoms with Gasteiger partial charge >= 0.3 is 5.69 Å². The quantitative estimate of drug-likeness (QED) is 0.609. The van der Waals surface area contributed by atoms with E-state index in [0.29, 0.717) is 12.4 Å². The van der Waals surface area contributed by atoms with E-state index >= 15 is 0 Å². The summed E-state index contributed by atoms with van der Waals surface area (Å²) < 4.78 is 0. The Labute approximate surface area is 141 Å². The number of nitrogens with zero attached hydrogens (tertiary/aromatic N) is 4. The third kappa shape index (κ3) is 3.79. The minimum absolute atomic E-state index is 0.0838. The predicted molar refractivity (Wildman–Crippen MR) is 95.9 cm³/mol. The second kappa shape index (κ2) is 7.72. The van der Waals surface area contributed by atoms with E-state index in [9.17, 15) is 10.1 Å². The second-order valence-electron chi connectivity index (χ2n) is 5.69. The minimum atomic E-state index is -0.418. The lowest BCUT2D eigenvalue weighted by Crippen LogP contribution is -2.21. The van der Waals surface area contributed by atoms with Gasteiger partial charge in [-0.05, 0) is 44.9 Å². The molecule has 0 aliphatic carbocycles. The molecular formula is C17H23N5O2. The maximum atomic E-state index is 11.7. The van der Waals surface area contributed by atoms with Gasteiger partial charge < -0.3 is 10.2 Å². The molecule has 1 aromatic carbocycles. The van der Waals surface area contributed by atoms with Crippen molar-refractivity contribution in [2.45, 2.75) is 40.2 Å². The number of aryl methyl sites for hydroxylation is 1. The SMILES string of the molecule is CCC(C)Nc1ncnc(N(CC)c2cccc(C)c2)c1[N+](=O)[O-]. The maximum absolute atomic E-state index is 11.7. The molecule has 0 aliphatic heterocycles. The molecule has 1 N–H and O–H groups in total. The van der Waals surface area contributed by atoms with Crippen LogP contribution in [0.3, 0.4) is 0 Å². The second-order valence-corrected chi connectivity index (χ2v) is 5.69. The Morgan fingerprint density at radius 3 is 2.67 bits per heavy atom. The minimum Gasteiger partial charge on any atom is -0.362 e. The van der Waals surface area contributed by atoms with Gasteiger partial charge in [-0.25, -0.2) is 9.97 Å². The Morgan fingerprint density at radius 2 is 2.08 bits per heavy atom. The Balaban J connectivity index is 2.55. The van der Waals surface area contributed by atoms with Gasteiger partial charge in [-0.1, -0.05) is 19.1 Å². The number of aromatic nitrogens is 2. The van der Waals surface area contributed by atoms with Crippen LogP contribution in [0.4, 0.5) is 23.0 Å². The van der Waals surface area contributed by atoms with Gasteiger partial charge in [0.2, 0.25) is 11.6 Å². The summed E-state index contributed by atoms with van der Waals surface area (Å²) in [5.74, 6) is 0.555. The summed E-state index contributed by atoms with van der Waals surface area (Å²) in [6.07, 6.45) is 2.21. The van der Waals surface area contributed by atoms with Crippen molar-refractivity contribution in [2.24, 2.45) is 0 Å². The van der Waals surface area contributed by atoms with Crippen LogP contribution in [0.15, 0.2) is 30.6 Å². The van der Waals surface area contributed by atoms with Crippen LogP contribution in [-0.4, -0.2) is 27.5 Å². The van der Waals surface area contributed by atoms with Gasteiger partial charge in [0.25, 0.3) is 0 Å². The molecule has 1 unspecified atom stereocenters. The van der Waals surface area contributed by atoms with Gasteiger partial charge in [0.05, 0.1) is 4.92 Å². The standard InChI is InChI=1S/C17H23N5O2/c1-5-13(4)20-16-15(22(23)24)17(19-11-18-16)21(6-2)14-9-7-8-12(3)10-14/h7-11,13H,5-6H2,1-4H3,(H,18,19,20). The van der Waals surface area contributed by atoms with Crippen LogP contribution in [0.25, 0.3) is 0 Å². The van der Waals surface area contributed by atoms with Crippen molar-refractivity contribution in [1.82, 2.24) is 9.97 Å². The molecule has 7 heteroatoms. The first-order chi connectivity index (χ1) is 11.5. The zero-order valence-electron chi connectivity index (χ0n) is 14.5. The zero-order valence-corrected chi connectivity index (χ0v) is 14.5. The molecule has 0 spiro atoms. The van der Waals surface area contributed by atoms with Gasteiger partial charge in [0, 0.05) is 18.3 Å². The molecule has 24 heavy (non-hydrogen) atoms. The highest BCUT2D eigenvalue weighted by atomic mass is 16.6. The number of hydrogen-bond donors (Lipinski definition) is 1. The molecule has 1 heterocycles. The van der Waals surface area contributed by atoms with E-state index in [2.05, 4.69) is 15.3 Å². The zero-order chi connectivity index (χ0) is 17.7. The molecule has 0 amide bonds. The Bertz CT molecular complexity index is 720. The lowest BCUT2D eigenvalue weighted by Gasteiger charge is -2.23. The van der Waals surface area contributed by atoms with Gasteiger partial charge in [-0.15, -0.1) is 0 Å². The van der Waals surface area contributed by atoms with Crippen LogP contribution in [0.5, 0.6) is 0 Å². The highest BCUT2D eigenvalue weighted by molar-refractivity contribution is 5.75. The highest BCUT2D eigenvalue weighted by Gasteiger charge is 2.27. The number of hydrogen-bond acceptors (Lipinski definition) is 6. The summed E-state index contributed by atoms with van der Waals surface area (Å²) in [6, 6.07) is 7.90. The van der Waals surface area contributed by atoms with Crippen molar-refractivity contribution in [3.8, 4) is 0 Å². The normalized spacial score (nSPS) is 11.8. The van der Waals surface area contributed by atoms with Gasteiger partial charge in [0.1, 0.15) is 6.33 Å². The van der Waals surface area contributed by atoms with E-state index in [1.807, 2.05) is 56.9 Å². The summed E-state index contributed by atoms with van der Waals surface area (Å²) >= 11 is 0. The third-order valence-electron chi connectivity index (χ3n) is 3.87. The lowest BCUT2D eigenvalue weighted by atomic mass is 10.2. The number of benzene rings is 1. The first-order valence-corrected chi connectivity index (χ1v) is 8.08. The van der Waals surface area contributed by atoms with Crippen LogP contribution < -0.4 is 10.2 Å². The molecule has 1 atom stereocenters. The number of rotatable bonds is 7. The Kier molecular flexibility index (Phi) is 5.68. The Morgan fingerprint density at radius 1 is 1.33 bits per heavy atom. The molecule has 0 aliphatic rings. The first-order valence-electron chi connectivity index (χ1n) is 8.08. The highest BCUT2D eigenvalue weighted by Crippen LogP contribution is 2.36. The van der Waals surface area contributed by atoms with E-state index in [0.717, 1.165) is 17.7 Å². The third-order valence-corrected chi connectivity index (χ3v) is 3.87. The molecular weight excluding hydrogens is 306 g/mol. The van der Waals surface area contributed by atoms with Gasteiger partial charge in [-0.2, -0.15) is 0 Å². The van der Waals surface area contributed by atoms with Crippen LogP contribution in [0.2, 0.25) is 0 Å². The topological polar surface area (TPSA) is 84.2 Å². The molecule has 0 bridgehead atoms. The summed E-state index contributed by atoms with van der Waals surface area (Å²) in [6.45, 7) is 8.46. The number of anilines is 3. The van der Waals surface area contributed by atoms with Crippen LogP contribution in [-0.2, 0) is 0 Å². The van der Waals surface area contributed by atoms with Crippen molar-refractivity contribution in [1.29, 1.82) is 0 Å². The molecule has 128 valence electrons. The van der Waals surface area contributed by atoms with Crippen LogP contribution >= 0.6 is 0 Å². The monoisotopic (exact) mass is 329 g/mol. The molecule has 7 nitrogen and oxygen atoms in total. The molecule has 0 saturated carbocycles. The number of nitrogens with one attached hydrogen (secondary N) is 1. The Hall–Kier alpha value is -2.70. The summed E-state index contributed by atoms with van der Waals surface area (Å²) in [4.78, 5) is 21.4. The van der Waals surface area contributed by atoms with E-state index in [1.165, 1.54) is 6.33 Å². The average Bonchev–Trinajstić information content (AvgIpc) is 2.55. The predicted octanol–water partition coefficient (Wildman–Crippen LogP) is 4.06. The summed E-state index contributed by atoms with van der Waals surface area (Å²) in [5.41, 5.74) is 1.86. The van der Waals surface area contributed by atoms with E-state index in [1.54, 1.807) is 0 Å². The van der Waals surface area contributed by atoms with Crippen molar-refractivity contribution in [3.63, 3.8) is 0 Å². The fourth-order valence-corrected chi connectivity index (χ4v) is 2.43. The van der Waals surface area contributed by atoms with E-state index < -0.39 is 4.92 Å². The molecule has 2 rings (SSSR count). The maximum Gasteiger partial charge on any atom is 0.353 e. The van der Waals surface area contributed by atoms with Crippen molar-refractivity contribution >= 4 is 23.0 Å². The summed E-state index contributed by atoms with van der Waals surface area (Å²) in [7, 11) is 0. The molecule has 2 aromatic rings. The van der Waals surface area contributed by atoms with E-state index in [4.69, 9.17) is 0 Å². The van der Waals surface area contributed by atoms with Crippen molar-refractivity contribution in [3.05, 3.63) is 46.3 Å². The fourth-order valence-electron chi connectivity index (χ4n) is 2.43. The molecule has 0 radical (unpaired) electrons. The van der Waals surface area contributed by atoms with Crippen molar-refractivity contribution < 1.29 is 4.92 Å². The first kappa shape index (κ1) is 17.7. The molecule has 0 saturated heterocycles. The van der Waals surface area contributed by atoms with Crippen LogP contribution in [0, 0.1) is 17.0 Å². The fraction of sp³-hybridized carbons (Fsp3) is 0.412. The molecule has 0 fully saturated rings. The average molecular weight is 329 g/mol. The van der Waals surface area contributed by atoms with Crippen LogP contribution in [0.1, 0.15) is 32.8 Å². The number of nitro groups is 1.